The second-order valence-electron chi connectivity index (χ2n) is 5.44. The average molecular weight is 278 g/mol. The minimum Gasteiger partial charge on any atom is -0.322 e. The van der Waals surface area contributed by atoms with Crippen LogP contribution in [0.15, 0.2) is 48.5 Å². The number of nitrogens with one attached hydrogen (secondary N) is 1. The topological polar surface area (TPSA) is 52.9 Å². The molecule has 2 aromatic carbocycles. The van der Waals surface area contributed by atoms with Crippen molar-refractivity contribution in [1.82, 2.24) is 0 Å². The Bertz CT molecular complexity index is 666. The van der Waals surface area contributed by atoms with Crippen LogP contribution in [0.5, 0.6) is 0 Å². The maximum atomic E-state index is 12.2. The molecule has 0 fully saturated rings. The minimum atomic E-state index is -0.166. The van der Waals surface area contributed by atoms with Gasteiger partial charge in [0.05, 0.1) is 11.6 Å². The molecule has 0 unspecified atom stereocenters. The molecule has 0 radical (unpaired) electrons. The molecule has 1 amide bonds. The second kappa shape index (κ2) is 6.71. The smallest absolute Gasteiger partial charge is 0.255 e. The lowest BCUT2D eigenvalue weighted by Gasteiger charge is -2.08. The largest absolute Gasteiger partial charge is 0.322 e. The Morgan fingerprint density at radius 3 is 2.52 bits per heavy atom. The number of nitriles is 1. The van der Waals surface area contributed by atoms with Crippen molar-refractivity contribution in [1.29, 1.82) is 5.26 Å². The zero-order valence-electron chi connectivity index (χ0n) is 12.3. The van der Waals surface area contributed by atoms with Crippen LogP contribution in [0.2, 0.25) is 0 Å². The van der Waals surface area contributed by atoms with Crippen molar-refractivity contribution < 1.29 is 4.79 Å². The number of amides is 1. The molecule has 3 nitrogen and oxygen atoms in total. The number of hydrogen-bond acceptors (Lipinski definition) is 2. The minimum absolute atomic E-state index is 0.166. The van der Waals surface area contributed by atoms with Gasteiger partial charge in [-0.1, -0.05) is 32.0 Å². The van der Waals surface area contributed by atoms with Crippen LogP contribution < -0.4 is 5.32 Å². The number of rotatable bonds is 4. The van der Waals surface area contributed by atoms with Crippen LogP contribution >= 0.6 is 0 Å². The third kappa shape index (κ3) is 4.19. The molecule has 0 atom stereocenters. The normalized spacial score (nSPS) is 10.2. The monoisotopic (exact) mass is 278 g/mol. The van der Waals surface area contributed by atoms with Crippen molar-refractivity contribution in [2.24, 2.45) is 5.92 Å². The summed E-state index contributed by atoms with van der Waals surface area (Å²) in [6.45, 7) is 4.34. The van der Waals surface area contributed by atoms with Crippen molar-refractivity contribution in [3.63, 3.8) is 0 Å². The van der Waals surface area contributed by atoms with Gasteiger partial charge in [-0.05, 0) is 48.2 Å². The molecule has 2 rings (SSSR count). The summed E-state index contributed by atoms with van der Waals surface area (Å²) < 4.78 is 0. The summed E-state index contributed by atoms with van der Waals surface area (Å²) in [6, 6.07) is 16.6. The third-order valence-corrected chi connectivity index (χ3v) is 3.11. The first-order valence-corrected chi connectivity index (χ1v) is 6.99. The number of nitrogens with zero attached hydrogens (tertiary/aromatic N) is 1. The molecule has 2 aromatic rings. The van der Waals surface area contributed by atoms with Crippen molar-refractivity contribution >= 4 is 11.6 Å². The number of carbonyl (C=O) groups is 1. The Morgan fingerprint density at radius 1 is 1.19 bits per heavy atom. The second-order valence-corrected chi connectivity index (χ2v) is 5.44. The average Bonchev–Trinajstić information content (AvgIpc) is 2.47. The highest BCUT2D eigenvalue weighted by Gasteiger charge is 2.07. The molecule has 0 aliphatic heterocycles. The molecule has 0 spiro atoms. The standard InChI is InChI=1S/C18H18N2O/c1-13(2)10-14-6-8-16(9-7-14)18(21)20-17-5-3-4-15(11-17)12-19/h3-9,11,13H,10H2,1-2H3,(H,20,21). The summed E-state index contributed by atoms with van der Waals surface area (Å²) in [5.74, 6) is 0.430. The quantitative estimate of drug-likeness (QED) is 0.918. The van der Waals surface area contributed by atoms with Gasteiger partial charge in [0, 0.05) is 11.3 Å². The highest BCUT2D eigenvalue weighted by atomic mass is 16.1. The summed E-state index contributed by atoms with van der Waals surface area (Å²) in [5, 5.41) is 11.7. The van der Waals surface area contributed by atoms with E-state index >= 15 is 0 Å². The van der Waals surface area contributed by atoms with Gasteiger partial charge in [-0.2, -0.15) is 5.26 Å². The zero-order chi connectivity index (χ0) is 15.2. The summed E-state index contributed by atoms with van der Waals surface area (Å²) in [6.07, 6.45) is 1.01. The van der Waals surface area contributed by atoms with E-state index in [1.165, 1.54) is 5.56 Å². The lowest BCUT2D eigenvalue weighted by atomic mass is 10.0. The number of hydrogen-bond donors (Lipinski definition) is 1. The van der Waals surface area contributed by atoms with Gasteiger partial charge >= 0.3 is 0 Å². The zero-order valence-corrected chi connectivity index (χ0v) is 12.3. The van der Waals surface area contributed by atoms with Crippen LogP contribution in [0.1, 0.15) is 35.3 Å². The van der Waals surface area contributed by atoms with Crippen molar-refractivity contribution in [2.45, 2.75) is 20.3 Å². The Kier molecular flexibility index (Phi) is 4.73. The fourth-order valence-electron chi connectivity index (χ4n) is 2.13. The first kappa shape index (κ1) is 14.8. The van der Waals surface area contributed by atoms with Crippen LogP contribution in [0.4, 0.5) is 5.69 Å². The number of anilines is 1. The molecule has 106 valence electrons. The number of carbonyl (C=O) groups excluding carboxylic acids is 1. The van der Waals surface area contributed by atoms with Gasteiger partial charge in [0.15, 0.2) is 0 Å². The summed E-state index contributed by atoms with van der Waals surface area (Å²) in [7, 11) is 0. The Balaban J connectivity index is 2.08. The Labute approximate surface area is 125 Å². The molecule has 0 saturated heterocycles. The molecular weight excluding hydrogens is 260 g/mol. The lowest BCUT2D eigenvalue weighted by molar-refractivity contribution is 0.102. The molecule has 3 heteroatoms. The summed E-state index contributed by atoms with van der Waals surface area (Å²) >= 11 is 0. The van der Waals surface area contributed by atoms with E-state index in [1.54, 1.807) is 24.3 Å². The molecular formula is C18H18N2O. The van der Waals surface area contributed by atoms with Gasteiger partial charge in [0.1, 0.15) is 0 Å². The van der Waals surface area contributed by atoms with E-state index in [2.05, 4.69) is 25.2 Å². The predicted molar refractivity (Wildman–Crippen MR) is 84.1 cm³/mol. The molecule has 21 heavy (non-hydrogen) atoms. The van der Waals surface area contributed by atoms with Crippen molar-refractivity contribution in [3.8, 4) is 6.07 Å². The van der Waals surface area contributed by atoms with Crippen LogP contribution in [0, 0.1) is 17.2 Å². The SMILES string of the molecule is CC(C)Cc1ccc(C(=O)Nc2cccc(C#N)c2)cc1. The van der Waals surface area contributed by atoms with E-state index in [0.29, 0.717) is 22.7 Å². The van der Waals surface area contributed by atoms with E-state index in [4.69, 9.17) is 5.26 Å². The Morgan fingerprint density at radius 2 is 1.90 bits per heavy atom. The van der Waals surface area contributed by atoms with Gasteiger partial charge in [-0.15, -0.1) is 0 Å². The van der Waals surface area contributed by atoms with Crippen LogP contribution in [0.25, 0.3) is 0 Å². The molecule has 0 heterocycles. The predicted octanol–water partition coefficient (Wildman–Crippen LogP) is 4.01. The van der Waals surface area contributed by atoms with Crippen molar-refractivity contribution in [2.75, 3.05) is 5.32 Å². The van der Waals surface area contributed by atoms with E-state index in [0.717, 1.165) is 6.42 Å². The maximum absolute atomic E-state index is 12.2. The first-order chi connectivity index (χ1) is 10.1. The molecule has 1 N–H and O–H groups in total. The van der Waals surface area contributed by atoms with Crippen molar-refractivity contribution in [3.05, 3.63) is 65.2 Å². The molecule has 0 aromatic heterocycles. The molecule has 0 aliphatic carbocycles. The highest BCUT2D eigenvalue weighted by molar-refractivity contribution is 6.04. The molecule has 0 saturated carbocycles. The molecule has 0 bridgehead atoms. The summed E-state index contributed by atoms with van der Waals surface area (Å²) in [5.41, 5.74) is 3.00. The summed E-state index contributed by atoms with van der Waals surface area (Å²) in [4.78, 5) is 12.2. The fraction of sp³-hybridized carbons (Fsp3) is 0.222. The molecule has 0 aliphatic rings. The van der Waals surface area contributed by atoms with Gasteiger partial charge in [-0.3, -0.25) is 4.79 Å². The van der Waals surface area contributed by atoms with Crippen LogP contribution in [-0.2, 0) is 6.42 Å². The highest BCUT2D eigenvalue weighted by Crippen LogP contribution is 2.13. The van der Waals surface area contributed by atoms with Gasteiger partial charge < -0.3 is 5.32 Å². The van der Waals surface area contributed by atoms with E-state index in [9.17, 15) is 4.79 Å². The van der Waals surface area contributed by atoms with E-state index < -0.39 is 0 Å². The number of benzene rings is 2. The Hall–Kier alpha value is -2.60. The maximum Gasteiger partial charge on any atom is 0.255 e. The first-order valence-electron chi connectivity index (χ1n) is 6.99. The third-order valence-electron chi connectivity index (χ3n) is 3.11. The van der Waals surface area contributed by atoms with E-state index in [-0.39, 0.29) is 5.91 Å². The lowest BCUT2D eigenvalue weighted by Crippen LogP contribution is -2.12. The van der Waals surface area contributed by atoms with E-state index in [1.807, 2.05) is 24.3 Å². The van der Waals surface area contributed by atoms with Crippen LogP contribution in [0.3, 0.4) is 0 Å². The van der Waals surface area contributed by atoms with Gasteiger partial charge in [0.2, 0.25) is 0 Å². The van der Waals surface area contributed by atoms with Crippen LogP contribution in [-0.4, -0.2) is 5.91 Å². The van der Waals surface area contributed by atoms with Gasteiger partial charge in [0.25, 0.3) is 5.91 Å². The van der Waals surface area contributed by atoms with Gasteiger partial charge in [-0.25, -0.2) is 0 Å². The fourth-order valence-corrected chi connectivity index (χ4v) is 2.13.